The lowest BCUT2D eigenvalue weighted by Gasteiger charge is -2.07. The molecule has 0 heterocycles. The van der Waals surface area contributed by atoms with Crippen LogP contribution in [-0.4, -0.2) is 35.2 Å². The number of carbonyl (C=O) groups is 1. The molecule has 0 aromatic heterocycles. The fourth-order valence-electron chi connectivity index (χ4n) is 0.635. The number of amides is 1. The first-order valence-electron chi connectivity index (χ1n) is 3.84. The van der Waals surface area contributed by atoms with Gasteiger partial charge in [-0.1, -0.05) is 6.92 Å². The molecule has 3 N–H and O–H groups in total. The van der Waals surface area contributed by atoms with E-state index in [0.29, 0.717) is 18.8 Å². The second kappa shape index (κ2) is 6.14. The molecule has 72 valence electrons. The Morgan fingerprint density at radius 2 is 2.25 bits per heavy atom. The molecule has 0 aliphatic rings. The predicted octanol–water partition coefficient (Wildman–Crippen LogP) is -0.924. The lowest BCUT2D eigenvalue weighted by Crippen LogP contribution is -2.32. The van der Waals surface area contributed by atoms with Crippen LogP contribution in [0.25, 0.3) is 0 Å². The van der Waals surface area contributed by atoms with Gasteiger partial charge in [0.15, 0.2) is 0 Å². The van der Waals surface area contributed by atoms with Crippen LogP contribution in [0.1, 0.15) is 6.92 Å². The number of hydrogen-bond acceptors (Lipinski definition) is 3. The van der Waals surface area contributed by atoms with E-state index in [1.807, 2.05) is 0 Å². The smallest absolute Gasteiger partial charge is 0.221 e. The van der Waals surface area contributed by atoms with Crippen molar-refractivity contribution in [2.24, 2.45) is 11.7 Å². The highest BCUT2D eigenvalue weighted by molar-refractivity contribution is 7.84. The molecule has 0 aliphatic heterocycles. The molecule has 0 radical (unpaired) electrons. The summed E-state index contributed by atoms with van der Waals surface area (Å²) in [5.74, 6) is 0.154. The number of nitrogens with two attached hydrogens (primary N) is 1. The van der Waals surface area contributed by atoms with Crippen molar-refractivity contribution in [1.82, 2.24) is 5.32 Å². The quantitative estimate of drug-likeness (QED) is 0.534. The van der Waals surface area contributed by atoms with Crippen LogP contribution in [0.2, 0.25) is 0 Å². The van der Waals surface area contributed by atoms with Crippen molar-refractivity contribution in [2.45, 2.75) is 6.92 Å². The van der Waals surface area contributed by atoms with Gasteiger partial charge in [-0.15, -0.1) is 0 Å². The van der Waals surface area contributed by atoms with Gasteiger partial charge in [-0.05, 0) is 0 Å². The van der Waals surface area contributed by atoms with Gasteiger partial charge in [-0.3, -0.25) is 9.00 Å². The van der Waals surface area contributed by atoms with Gasteiger partial charge < -0.3 is 11.1 Å². The molecule has 5 heteroatoms. The zero-order valence-corrected chi connectivity index (χ0v) is 8.32. The number of carbonyl (C=O) groups excluding carboxylic acids is 1. The fraction of sp³-hybridized carbons (Fsp3) is 0.857. The molecule has 1 amide bonds. The normalized spacial score (nSPS) is 15.5. The van der Waals surface area contributed by atoms with Crippen molar-refractivity contribution in [1.29, 1.82) is 0 Å². The van der Waals surface area contributed by atoms with E-state index < -0.39 is 10.8 Å². The maximum absolute atomic E-state index is 10.6. The van der Waals surface area contributed by atoms with E-state index in [1.165, 1.54) is 0 Å². The van der Waals surface area contributed by atoms with E-state index in [2.05, 4.69) is 5.32 Å². The summed E-state index contributed by atoms with van der Waals surface area (Å²) in [6.45, 7) is 2.99. The third-order valence-electron chi connectivity index (χ3n) is 1.50. The second-order valence-corrected chi connectivity index (χ2v) is 4.34. The number of hydrogen-bond donors (Lipinski definition) is 2. The minimum atomic E-state index is -0.770. The number of primary amides is 1. The molecule has 0 aromatic rings. The van der Waals surface area contributed by atoms with Crippen molar-refractivity contribution in [2.75, 3.05) is 25.1 Å². The Morgan fingerprint density at radius 1 is 1.67 bits per heavy atom. The standard InChI is InChI=1S/C7H16N2O2S/c1-6(7(8)10)5-9-3-4-12(2)11/h6,9H,3-5H2,1-2H3,(H2,8,10). The topological polar surface area (TPSA) is 72.2 Å². The first kappa shape index (κ1) is 11.6. The van der Waals surface area contributed by atoms with Crippen LogP contribution in [0.4, 0.5) is 0 Å². The number of nitrogens with one attached hydrogen (secondary N) is 1. The molecule has 2 atom stereocenters. The summed E-state index contributed by atoms with van der Waals surface area (Å²) >= 11 is 0. The molecular formula is C7H16N2O2S. The second-order valence-electron chi connectivity index (χ2n) is 2.78. The molecule has 0 aliphatic carbocycles. The van der Waals surface area contributed by atoms with Crippen molar-refractivity contribution in [3.05, 3.63) is 0 Å². The zero-order valence-electron chi connectivity index (χ0n) is 7.50. The summed E-state index contributed by atoms with van der Waals surface area (Å²) in [6.07, 6.45) is 1.65. The lowest BCUT2D eigenvalue weighted by molar-refractivity contribution is -0.121. The molecule has 2 unspecified atom stereocenters. The summed E-state index contributed by atoms with van der Waals surface area (Å²) in [5.41, 5.74) is 5.04. The van der Waals surface area contributed by atoms with Crippen LogP contribution in [0.5, 0.6) is 0 Å². The molecule has 0 aromatic carbocycles. The zero-order chi connectivity index (χ0) is 9.56. The van der Waals surface area contributed by atoms with E-state index in [4.69, 9.17) is 5.73 Å². The third-order valence-corrected chi connectivity index (χ3v) is 2.28. The van der Waals surface area contributed by atoms with Gasteiger partial charge in [0.05, 0.1) is 0 Å². The van der Waals surface area contributed by atoms with E-state index >= 15 is 0 Å². The summed E-state index contributed by atoms with van der Waals surface area (Å²) in [5, 5.41) is 3.00. The van der Waals surface area contributed by atoms with Gasteiger partial charge in [0.1, 0.15) is 0 Å². The largest absolute Gasteiger partial charge is 0.369 e. The van der Waals surface area contributed by atoms with Gasteiger partial charge in [0.2, 0.25) is 5.91 Å². The fourth-order valence-corrected chi connectivity index (χ4v) is 1.07. The molecule has 0 spiro atoms. The van der Waals surface area contributed by atoms with Crippen LogP contribution in [0.3, 0.4) is 0 Å². The molecule has 0 fully saturated rings. The Bertz CT molecular complexity index is 173. The highest BCUT2D eigenvalue weighted by Gasteiger charge is 2.06. The van der Waals surface area contributed by atoms with Crippen LogP contribution in [0, 0.1) is 5.92 Å². The Morgan fingerprint density at radius 3 is 2.67 bits per heavy atom. The van der Waals surface area contributed by atoms with E-state index in [9.17, 15) is 9.00 Å². The first-order chi connectivity index (χ1) is 5.54. The van der Waals surface area contributed by atoms with Crippen molar-refractivity contribution in [3.63, 3.8) is 0 Å². The number of rotatable bonds is 6. The average molecular weight is 192 g/mol. The highest BCUT2D eigenvalue weighted by atomic mass is 32.2. The van der Waals surface area contributed by atoms with Crippen molar-refractivity contribution < 1.29 is 9.00 Å². The van der Waals surface area contributed by atoms with Crippen LogP contribution in [-0.2, 0) is 15.6 Å². The van der Waals surface area contributed by atoms with Gasteiger partial charge in [-0.2, -0.15) is 0 Å². The molecular weight excluding hydrogens is 176 g/mol. The van der Waals surface area contributed by atoms with E-state index in [-0.39, 0.29) is 11.8 Å². The van der Waals surface area contributed by atoms with Crippen molar-refractivity contribution in [3.8, 4) is 0 Å². The monoisotopic (exact) mass is 192 g/mol. The maximum Gasteiger partial charge on any atom is 0.221 e. The lowest BCUT2D eigenvalue weighted by atomic mass is 10.2. The van der Waals surface area contributed by atoms with Gasteiger partial charge in [-0.25, -0.2) is 0 Å². The third kappa shape index (κ3) is 6.30. The molecule has 0 saturated heterocycles. The molecule has 4 nitrogen and oxygen atoms in total. The summed E-state index contributed by atoms with van der Waals surface area (Å²) in [4.78, 5) is 10.5. The van der Waals surface area contributed by atoms with E-state index in [1.54, 1.807) is 13.2 Å². The van der Waals surface area contributed by atoms with Crippen LogP contribution >= 0.6 is 0 Å². The molecule has 0 rings (SSSR count). The average Bonchev–Trinajstić information content (AvgIpc) is 1.97. The Labute approximate surface area is 75.4 Å². The molecule has 12 heavy (non-hydrogen) atoms. The first-order valence-corrected chi connectivity index (χ1v) is 5.56. The summed E-state index contributed by atoms with van der Waals surface area (Å²) < 4.78 is 10.6. The van der Waals surface area contributed by atoms with Crippen LogP contribution in [0.15, 0.2) is 0 Å². The minimum absolute atomic E-state index is 0.157. The van der Waals surface area contributed by atoms with Crippen LogP contribution < -0.4 is 11.1 Å². The Balaban J connectivity index is 3.31. The Kier molecular flexibility index (Phi) is 5.92. The summed E-state index contributed by atoms with van der Waals surface area (Å²) in [6, 6.07) is 0. The van der Waals surface area contributed by atoms with Gasteiger partial charge in [0.25, 0.3) is 0 Å². The molecule has 0 saturated carbocycles. The van der Waals surface area contributed by atoms with E-state index in [0.717, 1.165) is 0 Å². The minimum Gasteiger partial charge on any atom is -0.369 e. The van der Waals surface area contributed by atoms with Crippen molar-refractivity contribution >= 4 is 16.7 Å². The SMILES string of the molecule is CC(CNCCS(C)=O)C(N)=O. The Hall–Kier alpha value is -0.420. The molecule has 0 bridgehead atoms. The highest BCUT2D eigenvalue weighted by Crippen LogP contribution is 1.88. The predicted molar refractivity (Wildman–Crippen MR) is 50.2 cm³/mol. The van der Waals surface area contributed by atoms with Gasteiger partial charge in [0, 0.05) is 41.8 Å². The summed E-state index contributed by atoms with van der Waals surface area (Å²) in [7, 11) is -0.770. The van der Waals surface area contributed by atoms with Gasteiger partial charge >= 0.3 is 0 Å². The maximum atomic E-state index is 10.6.